The lowest BCUT2D eigenvalue weighted by atomic mass is 9.92. The summed E-state index contributed by atoms with van der Waals surface area (Å²) in [5, 5.41) is 0. The Bertz CT molecular complexity index is 773. The molecule has 0 aliphatic carbocycles. The van der Waals surface area contributed by atoms with Crippen molar-refractivity contribution in [1.82, 2.24) is 4.90 Å². The van der Waals surface area contributed by atoms with Crippen LogP contribution in [0.4, 0.5) is 0 Å². The molecular weight excluding hydrogens is 314 g/mol. The van der Waals surface area contributed by atoms with E-state index < -0.39 is 0 Å². The van der Waals surface area contributed by atoms with Crippen LogP contribution in [-0.4, -0.2) is 17.4 Å². The summed E-state index contributed by atoms with van der Waals surface area (Å²) in [5.41, 5.74) is 2.42. The summed E-state index contributed by atoms with van der Waals surface area (Å²) in [6.45, 7) is 4.79. The minimum atomic E-state index is 0.0403. The van der Waals surface area contributed by atoms with Gasteiger partial charge in [0.15, 0.2) is 0 Å². The van der Waals surface area contributed by atoms with Gasteiger partial charge in [-0.25, -0.2) is 0 Å². The van der Waals surface area contributed by atoms with Gasteiger partial charge in [0.2, 0.25) is 5.91 Å². The monoisotopic (exact) mass is 337 g/mol. The summed E-state index contributed by atoms with van der Waals surface area (Å²) >= 11 is 0. The Balaban J connectivity index is 1.75. The van der Waals surface area contributed by atoms with Gasteiger partial charge in [0.05, 0.1) is 19.1 Å². The summed E-state index contributed by atoms with van der Waals surface area (Å²) in [6, 6.07) is 16.1. The van der Waals surface area contributed by atoms with Crippen LogP contribution in [0.2, 0.25) is 0 Å². The molecule has 0 radical (unpaired) electrons. The van der Waals surface area contributed by atoms with Gasteiger partial charge < -0.3 is 13.7 Å². The van der Waals surface area contributed by atoms with Gasteiger partial charge in [-0.05, 0) is 43.2 Å². The molecule has 1 amide bonds. The first-order valence-corrected chi connectivity index (χ1v) is 8.51. The number of nitrogens with zero attached hydrogens (tertiary/aromatic N) is 1. The Kier molecular flexibility index (Phi) is 5.39. The maximum absolute atomic E-state index is 12.0. The fraction of sp³-hybridized carbons (Fsp3) is 0.286. The molecule has 0 unspecified atom stereocenters. The highest BCUT2D eigenvalue weighted by Crippen LogP contribution is 2.29. The Morgan fingerprint density at radius 2 is 1.76 bits per heavy atom. The molecule has 3 aromatic rings. The van der Waals surface area contributed by atoms with Crippen LogP contribution in [0.1, 0.15) is 41.9 Å². The lowest BCUT2D eigenvalue weighted by molar-refractivity contribution is -0.129. The number of hydrogen-bond acceptors (Lipinski definition) is 3. The zero-order valence-electron chi connectivity index (χ0n) is 14.6. The van der Waals surface area contributed by atoms with Crippen molar-refractivity contribution in [3.63, 3.8) is 0 Å². The third-order valence-electron chi connectivity index (χ3n) is 4.43. The van der Waals surface area contributed by atoms with Crippen LogP contribution in [0.3, 0.4) is 0 Å². The largest absolute Gasteiger partial charge is 0.469 e. The van der Waals surface area contributed by atoms with Crippen LogP contribution < -0.4 is 0 Å². The third kappa shape index (κ3) is 4.41. The van der Waals surface area contributed by atoms with Crippen molar-refractivity contribution in [1.29, 1.82) is 0 Å². The molecule has 2 aromatic heterocycles. The van der Waals surface area contributed by atoms with Crippen LogP contribution in [0, 0.1) is 6.92 Å². The quantitative estimate of drug-likeness (QED) is 0.625. The van der Waals surface area contributed by atoms with Crippen LogP contribution in [0.5, 0.6) is 0 Å². The molecule has 0 fully saturated rings. The summed E-state index contributed by atoms with van der Waals surface area (Å²) in [6.07, 6.45) is 4.12. The molecular formula is C21H23NO3. The average Bonchev–Trinajstić information content (AvgIpc) is 3.29. The number of hydrogen-bond donors (Lipinski definition) is 0. The molecule has 0 saturated heterocycles. The first-order chi connectivity index (χ1) is 12.1. The summed E-state index contributed by atoms with van der Waals surface area (Å²) < 4.78 is 11.0. The highest BCUT2D eigenvalue weighted by atomic mass is 16.3. The summed E-state index contributed by atoms with van der Waals surface area (Å²) in [7, 11) is 0. The van der Waals surface area contributed by atoms with Crippen molar-refractivity contribution in [3.05, 3.63) is 83.7 Å². The van der Waals surface area contributed by atoms with Crippen LogP contribution in [0.15, 0.2) is 69.9 Å². The molecule has 0 aliphatic heterocycles. The van der Waals surface area contributed by atoms with Crippen molar-refractivity contribution in [2.75, 3.05) is 6.54 Å². The van der Waals surface area contributed by atoms with E-state index in [9.17, 15) is 4.79 Å². The van der Waals surface area contributed by atoms with Gasteiger partial charge in [0.1, 0.15) is 11.5 Å². The SMILES string of the molecule is CC(=O)N(CC[C@H](c1ccc(C)cc1)c1ccco1)Cc1ccco1. The van der Waals surface area contributed by atoms with Gasteiger partial charge in [0, 0.05) is 19.4 Å². The minimum Gasteiger partial charge on any atom is -0.469 e. The van der Waals surface area contributed by atoms with Crippen LogP contribution >= 0.6 is 0 Å². The van der Waals surface area contributed by atoms with Crippen molar-refractivity contribution in [2.24, 2.45) is 0 Å². The van der Waals surface area contributed by atoms with E-state index in [4.69, 9.17) is 8.83 Å². The second kappa shape index (κ2) is 7.88. The number of carbonyl (C=O) groups is 1. The average molecular weight is 337 g/mol. The fourth-order valence-corrected chi connectivity index (χ4v) is 2.98. The van der Waals surface area contributed by atoms with Gasteiger partial charge in [-0.3, -0.25) is 4.79 Å². The highest BCUT2D eigenvalue weighted by molar-refractivity contribution is 5.73. The Morgan fingerprint density at radius 3 is 2.36 bits per heavy atom. The maximum Gasteiger partial charge on any atom is 0.219 e. The molecule has 0 saturated carbocycles. The Hall–Kier alpha value is -2.75. The zero-order chi connectivity index (χ0) is 17.6. The predicted octanol–water partition coefficient (Wildman–Crippen LogP) is 4.75. The van der Waals surface area contributed by atoms with E-state index in [2.05, 4.69) is 31.2 Å². The van der Waals surface area contributed by atoms with Crippen LogP contribution in [0.25, 0.3) is 0 Å². The number of rotatable bonds is 7. The van der Waals surface area contributed by atoms with E-state index in [0.29, 0.717) is 13.1 Å². The van der Waals surface area contributed by atoms with Gasteiger partial charge >= 0.3 is 0 Å². The van der Waals surface area contributed by atoms with Gasteiger partial charge in [0.25, 0.3) is 0 Å². The second-order valence-electron chi connectivity index (χ2n) is 6.29. The van der Waals surface area contributed by atoms with E-state index in [1.165, 1.54) is 11.1 Å². The standard InChI is InChI=1S/C21H23NO3/c1-16-7-9-18(10-8-16)20(21-6-4-14-25-21)11-12-22(17(2)23)15-19-5-3-13-24-19/h3-10,13-14,20H,11-12,15H2,1-2H3/t20-/m1/s1. The van der Waals surface area contributed by atoms with Crippen molar-refractivity contribution in [2.45, 2.75) is 32.7 Å². The summed E-state index contributed by atoms with van der Waals surface area (Å²) in [4.78, 5) is 13.8. The number of aryl methyl sites for hydroxylation is 1. The number of benzene rings is 1. The Morgan fingerprint density at radius 1 is 1.04 bits per heavy atom. The minimum absolute atomic E-state index is 0.0403. The normalized spacial score (nSPS) is 12.1. The molecule has 3 rings (SSSR count). The molecule has 25 heavy (non-hydrogen) atoms. The van der Waals surface area contributed by atoms with E-state index in [0.717, 1.165) is 17.9 Å². The molecule has 0 bridgehead atoms. The first-order valence-electron chi connectivity index (χ1n) is 8.51. The van der Waals surface area contributed by atoms with Gasteiger partial charge in [-0.15, -0.1) is 0 Å². The van der Waals surface area contributed by atoms with Crippen molar-refractivity contribution in [3.8, 4) is 0 Å². The Labute approximate surface area is 148 Å². The van der Waals surface area contributed by atoms with E-state index in [-0.39, 0.29) is 11.8 Å². The van der Waals surface area contributed by atoms with E-state index >= 15 is 0 Å². The van der Waals surface area contributed by atoms with Crippen molar-refractivity contribution < 1.29 is 13.6 Å². The molecule has 4 nitrogen and oxygen atoms in total. The first kappa shape index (κ1) is 17.1. The molecule has 130 valence electrons. The van der Waals surface area contributed by atoms with E-state index in [1.807, 2.05) is 29.2 Å². The highest BCUT2D eigenvalue weighted by Gasteiger charge is 2.20. The number of amides is 1. The fourth-order valence-electron chi connectivity index (χ4n) is 2.98. The van der Waals surface area contributed by atoms with Crippen LogP contribution in [-0.2, 0) is 11.3 Å². The molecule has 0 aliphatic rings. The number of carbonyl (C=O) groups excluding carboxylic acids is 1. The molecule has 1 aromatic carbocycles. The second-order valence-corrected chi connectivity index (χ2v) is 6.29. The summed E-state index contributed by atoms with van der Waals surface area (Å²) in [5.74, 6) is 1.87. The molecule has 2 heterocycles. The van der Waals surface area contributed by atoms with Crippen molar-refractivity contribution >= 4 is 5.91 Å². The third-order valence-corrected chi connectivity index (χ3v) is 4.43. The van der Waals surface area contributed by atoms with E-state index in [1.54, 1.807) is 19.5 Å². The molecule has 0 N–H and O–H groups in total. The smallest absolute Gasteiger partial charge is 0.219 e. The van der Waals surface area contributed by atoms with Gasteiger partial charge in [-0.1, -0.05) is 29.8 Å². The lowest BCUT2D eigenvalue weighted by Gasteiger charge is -2.23. The lowest BCUT2D eigenvalue weighted by Crippen LogP contribution is -2.30. The molecule has 4 heteroatoms. The number of furan rings is 2. The maximum atomic E-state index is 12.0. The topological polar surface area (TPSA) is 46.6 Å². The molecule has 1 atom stereocenters. The predicted molar refractivity (Wildman–Crippen MR) is 96.1 cm³/mol. The molecule has 0 spiro atoms. The van der Waals surface area contributed by atoms with Gasteiger partial charge in [-0.2, -0.15) is 0 Å². The zero-order valence-corrected chi connectivity index (χ0v) is 14.6.